The van der Waals surface area contributed by atoms with Gasteiger partial charge >= 0.3 is 0 Å². The van der Waals surface area contributed by atoms with Gasteiger partial charge in [-0.15, -0.1) is 0 Å². The summed E-state index contributed by atoms with van der Waals surface area (Å²) in [7, 11) is 0. The van der Waals surface area contributed by atoms with Crippen LogP contribution in [0.2, 0.25) is 0 Å². The molecular formula is C18H23F2N3. The molecule has 1 unspecified atom stereocenters. The number of halogens is 2. The molecule has 3 nitrogen and oxygen atoms in total. The van der Waals surface area contributed by atoms with Gasteiger partial charge in [0, 0.05) is 54.6 Å². The fraction of sp³-hybridized carbons (Fsp3) is 0.556. The number of piperazine rings is 1. The fourth-order valence-corrected chi connectivity index (χ4v) is 4.16. The number of rotatable bonds is 2. The van der Waals surface area contributed by atoms with Crippen molar-refractivity contribution in [2.45, 2.75) is 44.7 Å². The number of hydrogen-bond acceptors (Lipinski definition) is 3. The molecule has 2 fully saturated rings. The summed E-state index contributed by atoms with van der Waals surface area (Å²) in [5.74, 6) is -0.978. The zero-order chi connectivity index (χ0) is 16.0. The van der Waals surface area contributed by atoms with Gasteiger partial charge < -0.3 is 10.3 Å². The van der Waals surface area contributed by atoms with Gasteiger partial charge in [-0.1, -0.05) is 12.8 Å². The fourth-order valence-electron chi connectivity index (χ4n) is 4.16. The zero-order valence-electron chi connectivity index (χ0n) is 13.5. The third kappa shape index (κ3) is 2.66. The van der Waals surface area contributed by atoms with Crippen LogP contribution in [0, 0.1) is 11.6 Å². The first-order chi connectivity index (χ1) is 11.1. The van der Waals surface area contributed by atoms with E-state index in [4.69, 9.17) is 0 Å². The van der Waals surface area contributed by atoms with E-state index in [0.29, 0.717) is 17.6 Å². The second-order valence-electron chi connectivity index (χ2n) is 6.95. The van der Waals surface area contributed by atoms with Crippen LogP contribution < -0.4 is 5.32 Å². The minimum Gasteiger partial charge on any atom is -0.307 e. The highest BCUT2D eigenvalue weighted by atomic mass is 19.1. The molecule has 0 aromatic heterocycles. The van der Waals surface area contributed by atoms with Crippen LogP contribution >= 0.6 is 0 Å². The van der Waals surface area contributed by atoms with Crippen LogP contribution in [0.15, 0.2) is 23.9 Å². The van der Waals surface area contributed by atoms with Gasteiger partial charge in [-0.3, -0.25) is 0 Å². The smallest absolute Gasteiger partial charge is 0.133 e. The summed E-state index contributed by atoms with van der Waals surface area (Å²) in [5.41, 5.74) is 2.71. The average molecular weight is 319 g/mol. The first-order valence-electron chi connectivity index (χ1n) is 8.58. The van der Waals surface area contributed by atoms with Crippen LogP contribution in [0.1, 0.15) is 38.2 Å². The summed E-state index contributed by atoms with van der Waals surface area (Å²) < 4.78 is 27.6. The minimum atomic E-state index is -0.519. The number of hydrogen-bond donors (Lipinski definition) is 1. The quantitative estimate of drug-likeness (QED) is 0.903. The monoisotopic (exact) mass is 319 g/mol. The Labute approximate surface area is 135 Å². The van der Waals surface area contributed by atoms with Gasteiger partial charge in [0.1, 0.15) is 11.6 Å². The Kier molecular flexibility index (Phi) is 3.85. The second kappa shape index (κ2) is 5.87. The van der Waals surface area contributed by atoms with Gasteiger partial charge in [0.05, 0.1) is 0 Å². The highest BCUT2D eigenvalue weighted by Gasteiger charge is 2.39. The van der Waals surface area contributed by atoms with Crippen molar-refractivity contribution in [1.82, 2.24) is 15.3 Å². The normalized spacial score (nSPS) is 26.2. The Morgan fingerprint density at radius 1 is 1.17 bits per heavy atom. The van der Waals surface area contributed by atoms with Crippen molar-refractivity contribution >= 4 is 5.57 Å². The molecule has 3 aliphatic rings. The van der Waals surface area contributed by atoms with E-state index in [1.165, 1.54) is 31.7 Å². The van der Waals surface area contributed by atoms with Crippen LogP contribution in [-0.4, -0.2) is 41.7 Å². The largest absolute Gasteiger partial charge is 0.307 e. The molecule has 1 N–H and O–H groups in total. The number of benzene rings is 1. The molecule has 2 heterocycles. The predicted molar refractivity (Wildman–Crippen MR) is 86.4 cm³/mol. The maximum absolute atomic E-state index is 14.3. The van der Waals surface area contributed by atoms with E-state index in [1.807, 2.05) is 0 Å². The van der Waals surface area contributed by atoms with Gasteiger partial charge in [0.2, 0.25) is 0 Å². The lowest BCUT2D eigenvalue weighted by atomic mass is 10.0. The van der Waals surface area contributed by atoms with Gasteiger partial charge in [-0.2, -0.15) is 0 Å². The molecule has 1 aromatic carbocycles. The molecule has 23 heavy (non-hydrogen) atoms. The highest BCUT2D eigenvalue weighted by molar-refractivity contribution is 5.72. The lowest BCUT2D eigenvalue weighted by Gasteiger charge is -2.41. The van der Waals surface area contributed by atoms with E-state index in [0.717, 1.165) is 37.0 Å². The summed E-state index contributed by atoms with van der Waals surface area (Å²) in [6, 6.07) is 4.90. The molecule has 0 amide bonds. The van der Waals surface area contributed by atoms with E-state index in [1.54, 1.807) is 6.07 Å². The van der Waals surface area contributed by atoms with Crippen molar-refractivity contribution in [2.75, 3.05) is 19.6 Å². The second-order valence-corrected chi connectivity index (χ2v) is 6.95. The Morgan fingerprint density at radius 2 is 1.96 bits per heavy atom. The summed E-state index contributed by atoms with van der Waals surface area (Å²) in [5, 5.41) is 8.26. The van der Waals surface area contributed by atoms with Crippen molar-refractivity contribution in [2.24, 2.45) is 0 Å². The lowest BCUT2D eigenvalue weighted by molar-refractivity contribution is -0.0177. The van der Waals surface area contributed by atoms with E-state index in [2.05, 4.69) is 22.3 Å². The van der Waals surface area contributed by atoms with Crippen molar-refractivity contribution < 1.29 is 8.78 Å². The number of nitrogens with one attached hydrogen (secondary N) is 1. The number of nitrogens with zero attached hydrogens (tertiary/aromatic N) is 2. The van der Waals surface area contributed by atoms with Crippen LogP contribution in [-0.2, 0) is 0 Å². The van der Waals surface area contributed by atoms with E-state index in [9.17, 15) is 8.78 Å². The third-order valence-corrected chi connectivity index (χ3v) is 5.36. The van der Waals surface area contributed by atoms with Crippen molar-refractivity contribution in [1.29, 1.82) is 0 Å². The molecule has 1 saturated carbocycles. The third-order valence-electron chi connectivity index (χ3n) is 5.36. The van der Waals surface area contributed by atoms with Gasteiger partial charge in [0.25, 0.3) is 0 Å². The first-order valence-corrected chi connectivity index (χ1v) is 8.58. The standard InChI is InChI=1S/C18H23F2N3/c1-12-10-23-18(9-21-12)16(11-22(23)14-4-2-3-5-14)15-7-6-13(19)8-17(15)20/h6-8,12,14,21H,2-5,9-11H2,1H3. The van der Waals surface area contributed by atoms with Crippen LogP contribution in [0.25, 0.3) is 5.57 Å². The molecule has 2 aliphatic heterocycles. The molecule has 0 spiro atoms. The highest BCUT2D eigenvalue weighted by Crippen LogP contribution is 2.38. The SMILES string of the molecule is CC1CN2C(=C(c3ccc(F)cc3F)CN2C2CCCC2)CN1. The molecule has 1 aliphatic carbocycles. The molecule has 4 rings (SSSR count). The maximum Gasteiger partial charge on any atom is 0.133 e. The van der Waals surface area contributed by atoms with Gasteiger partial charge in [-0.25, -0.2) is 13.8 Å². The van der Waals surface area contributed by atoms with E-state index in [-0.39, 0.29) is 0 Å². The molecular weight excluding hydrogens is 296 g/mol. The average Bonchev–Trinajstić information content (AvgIpc) is 3.14. The Bertz CT molecular complexity index is 637. The Balaban J connectivity index is 1.71. The van der Waals surface area contributed by atoms with Crippen molar-refractivity contribution in [3.63, 3.8) is 0 Å². The summed E-state index contributed by atoms with van der Waals surface area (Å²) in [6.07, 6.45) is 4.98. The summed E-state index contributed by atoms with van der Waals surface area (Å²) in [4.78, 5) is 0. The Morgan fingerprint density at radius 3 is 2.70 bits per heavy atom. The number of fused-ring (bicyclic) bond motifs is 1. The minimum absolute atomic E-state index is 0.417. The molecule has 1 atom stereocenters. The van der Waals surface area contributed by atoms with Crippen LogP contribution in [0.4, 0.5) is 8.78 Å². The first kappa shape index (κ1) is 15.1. The zero-order valence-corrected chi connectivity index (χ0v) is 13.5. The van der Waals surface area contributed by atoms with E-state index < -0.39 is 11.6 Å². The van der Waals surface area contributed by atoms with Crippen molar-refractivity contribution in [3.05, 3.63) is 41.1 Å². The predicted octanol–water partition coefficient (Wildman–Crippen LogP) is 3.14. The molecule has 0 bridgehead atoms. The van der Waals surface area contributed by atoms with Crippen LogP contribution in [0.3, 0.4) is 0 Å². The summed E-state index contributed by atoms with van der Waals surface area (Å²) >= 11 is 0. The van der Waals surface area contributed by atoms with Crippen molar-refractivity contribution in [3.8, 4) is 0 Å². The summed E-state index contributed by atoms with van der Waals surface area (Å²) in [6.45, 7) is 4.58. The van der Waals surface area contributed by atoms with Crippen LogP contribution in [0.5, 0.6) is 0 Å². The van der Waals surface area contributed by atoms with E-state index >= 15 is 0 Å². The molecule has 124 valence electrons. The van der Waals surface area contributed by atoms with Gasteiger partial charge in [0.15, 0.2) is 0 Å². The Hall–Kier alpha value is -1.46. The molecule has 5 heteroatoms. The molecule has 0 radical (unpaired) electrons. The lowest BCUT2D eigenvalue weighted by Crippen LogP contribution is -2.53. The molecule has 1 aromatic rings. The number of hydrazine groups is 1. The molecule has 1 saturated heterocycles. The van der Waals surface area contributed by atoms with Gasteiger partial charge in [-0.05, 0) is 31.9 Å². The maximum atomic E-state index is 14.3. The topological polar surface area (TPSA) is 18.5 Å².